The molecule has 0 aromatic carbocycles. The van der Waals surface area contributed by atoms with Gasteiger partial charge in [0.05, 0.1) is 6.61 Å². The second-order valence-electron chi connectivity index (χ2n) is 4.67. The maximum atomic E-state index is 6.02. The number of ether oxygens (including phenoxy) is 1. The predicted molar refractivity (Wildman–Crippen MR) is 79.6 cm³/mol. The van der Waals surface area contributed by atoms with E-state index in [0.29, 0.717) is 29.8 Å². The van der Waals surface area contributed by atoms with E-state index in [0.717, 1.165) is 19.4 Å². The largest absolute Gasteiger partial charge is 0.476 e. The van der Waals surface area contributed by atoms with Crippen LogP contribution in [-0.2, 0) is 0 Å². The van der Waals surface area contributed by atoms with E-state index in [1.165, 1.54) is 19.3 Å². The second-order valence-corrected chi connectivity index (χ2v) is 4.67. The number of anilines is 2. The molecule has 1 aromatic rings. The van der Waals surface area contributed by atoms with Crippen molar-refractivity contribution in [2.24, 2.45) is 0 Å². The fourth-order valence-electron chi connectivity index (χ4n) is 1.76. The molecule has 1 heterocycles. The van der Waals surface area contributed by atoms with Crippen molar-refractivity contribution in [3.05, 3.63) is 5.82 Å². The summed E-state index contributed by atoms with van der Waals surface area (Å²) in [5, 5.41) is 3.27. The number of aromatic nitrogens is 2. The van der Waals surface area contributed by atoms with Crippen LogP contribution >= 0.6 is 0 Å². The van der Waals surface area contributed by atoms with Crippen LogP contribution in [0.3, 0.4) is 0 Å². The molecule has 0 unspecified atom stereocenters. The minimum absolute atomic E-state index is 0.491. The average Bonchev–Trinajstić information content (AvgIpc) is 2.40. The van der Waals surface area contributed by atoms with E-state index in [-0.39, 0.29) is 0 Å². The van der Waals surface area contributed by atoms with E-state index in [4.69, 9.17) is 10.5 Å². The van der Waals surface area contributed by atoms with Crippen LogP contribution in [0.15, 0.2) is 0 Å². The number of nitrogens with one attached hydrogen (secondary N) is 1. The first-order valence-corrected chi connectivity index (χ1v) is 7.19. The summed E-state index contributed by atoms with van der Waals surface area (Å²) in [6.07, 6.45) is 5.80. The summed E-state index contributed by atoms with van der Waals surface area (Å²) >= 11 is 0. The van der Waals surface area contributed by atoms with Crippen LogP contribution < -0.4 is 15.8 Å². The van der Waals surface area contributed by atoms with Gasteiger partial charge < -0.3 is 15.8 Å². The highest BCUT2D eigenvalue weighted by Gasteiger charge is 2.10. The summed E-state index contributed by atoms with van der Waals surface area (Å²) in [6, 6.07) is 0. The Hall–Kier alpha value is -1.52. The van der Waals surface area contributed by atoms with Gasteiger partial charge in [-0.15, -0.1) is 0 Å². The number of aryl methyl sites for hydroxylation is 1. The summed E-state index contributed by atoms with van der Waals surface area (Å²) in [5.74, 6) is 1.86. The quantitative estimate of drug-likeness (QED) is 0.672. The average molecular weight is 266 g/mol. The van der Waals surface area contributed by atoms with Gasteiger partial charge >= 0.3 is 0 Å². The minimum atomic E-state index is 0.491. The zero-order chi connectivity index (χ0) is 14.1. The molecule has 1 aromatic heterocycles. The maximum Gasteiger partial charge on any atom is 0.242 e. The molecule has 0 spiro atoms. The lowest BCUT2D eigenvalue weighted by atomic mass is 10.2. The molecule has 3 N–H and O–H groups in total. The molecule has 1 rings (SSSR count). The number of rotatable bonds is 9. The zero-order valence-electron chi connectivity index (χ0n) is 12.3. The lowest BCUT2D eigenvalue weighted by Crippen LogP contribution is -2.11. The fraction of sp³-hybridized carbons (Fsp3) is 0.714. The van der Waals surface area contributed by atoms with Crippen molar-refractivity contribution in [3.8, 4) is 5.88 Å². The highest BCUT2D eigenvalue weighted by Crippen LogP contribution is 2.26. The van der Waals surface area contributed by atoms with Crippen LogP contribution in [0.2, 0.25) is 0 Å². The Morgan fingerprint density at radius 3 is 2.58 bits per heavy atom. The molecule has 5 heteroatoms. The maximum absolute atomic E-state index is 6.02. The molecule has 5 nitrogen and oxygen atoms in total. The van der Waals surface area contributed by atoms with Gasteiger partial charge in [0.25, 0.3) is 0 Å². The molecular formula is C14H26N4O. The van der Waals surface area contributed by atoms with Crippen molar-refractivity contribution < 1.29 is 4.74 Å². The Balaban J connectivity index is 2.58. The monoisotopic (exact) mass is 266 g/mol. The molecule has 0 aliphatic heterocycles. The van der Waals surface area contributed by atoms with E-state index in [1.807, 2.05) is 6.92 Å². The molecule has 0 aliphatic rings. The van der Waals surface area contributed by atoms with Gasteiger partial charge in [0.15, 0.2) is 5.82 Å². The first-order valence-electron chi connectivity index (χ1n) is 7.19. The molecular weight excluding hydrogens is 240 g/mol. The van der Waals surface area contributed by atoms with Gasteiger partial charge in [-0.25, -0.2) is 4.98 Å². The van der Waals surface area contributed by atoms with E-state index in [9.17, 15) is 0 Å². The topological polar surface area (TPSA) is 73.1 Å². The highest BCUT2D eigenvalue weighted by atomic mass is 16.5. The Labute approximate surface area is 116 Å². The molecule has 0 fully saturated rings. The van der Waals surface area contributed by atoms with E-state index >= 15 is 0 Å². The van der Waals surface area contributed by atoms with Gasteiger partial charge in [-0.3, -0.25) is 0 Å². The Morgan fingerprint density at radius 1 is 1.11 bits per heavy atom. The summed E-state index contributed by atoms with van der Waals surface area (Å²) < 4.78 is 5.54. The zero-order valence-corrected chi connectivity index (χ0v) is 12.3. The molecule has 19 heavy (non-hydrogen) atoms. The first kappa shape index (κ1) is 15.5. The van der Waals surface area contributed by atoms with Gasteiger partial charge in [0, 0.05) is 6.54 Å². The molecule has 0 radical (unpaired) electrons. The van der Waals surface area contributed by atoms with Gasteiger partial charge in [-0.2, -0.15) is 4.98 Å². The molecule has 0 atom stereocenters. The lowest BCUT2D eigenvalue weighted by Gasteiger charge is -2.12. The number of nitrogen functional groups attached to an aromatic ring is 1. The number of nitrogens with two attached hydrogens (primary N) is 1. The van der Waals surface area contributed by atoms with Crippen molar-refractivity contribution >= 4 is 11.5 Å². The van der Waals surface area contributed by atoms with Crippen molar-refractivity contribution in [1.82, 2.24) is 9.97 Å². The minimum Gasteiger partial charge on any atom is -0.476 e. The molecule has 0 saturated carbocycles. The van der Waals surface area contributed by atoms with Gasteiger partial charge in [0.2, 0.25) is 5.88 Å². The van der Waals surface area contributed by atoms with Crippen molar-refractivity contribution in [3.63, 3.8) is 0 Å². The molecule has 0 aliphatic carbocycles. The highest BCUT2D eigenvalue weighted by molar-refractivity contribution is 5.66. The fourth-order valence-corrected chi connectivity index (χ4v) is 1.76. The van der Waals surface area contributed by atoms with Crippen LogP contribution in [0.25, 0.3) is 0 Å². The van der Waals surface area contributed by atoms with E-state index < -0.39 is 0 Å². The SMILES string of the molecule is CCCCCCNc1nc(C)nc(OCCC)c1N. The number of hydrogen-bond donors (Lipinski definition) is 2. The summed E-state index contributed by atoms with van der Waals surface area (Å²) in [7, 11) is 0. The van der Waals surface area contributed by atoms with Crippen molar-refractivity contribution in [1.29, 1.82) is 0 Å². The number of unbranched alkanes of at least 4 members (excludes halogenated alkanes) is 3. The van der Waals surface area contributed by atoms with Crippen LogP contribution in [0, 0.1) is 6.92 Å². The van der Waals surface area contributed by atoms with Crippen molar-refractivity contribution in [2.75, 3.05) is 24.2 Å². The van der Waals surface area contributed by atoms with Crippen LogP contribution in [0.1, 0.15) is 51.8 Å². The third-order valence-electron chi connectivity index (χ3n) is 2.79. The number of nitrogens with zero attached hydrogens (tertiary/aromatic N) is 2. The second kappa shape index (κ2) is 8.56. The predicted octanol–water partition coefficient (Wildman–Crippen LogP) is 3.15. The van der Waals surface area contributed by atoms with Crippen LogP contribution in [-0.4, -0.2) is 23.1 Å². The summed E-state index contributed by atoms with van der Waals surface area (Å²) in [5.41, 5.74) is 6.53. The molecule has 108 valence electrons. The Morgan fingerprint density at radius 2 is 1.89 bits per heavy atom. The number of hydrogen-bond acceptors (Lipinski definition) is 5. The normalized spacial score (nSPS) is 10.5. The summed E-state index contributed by atoms with van der Waals surface area (Å²) in [4.78, 5) is 8.56. The Kier molecular flexibility index (Phi) is 7.00. The Bertz CT molecular complexity index is 382. The molecule has 0 amide bonds. The van der Waals surface area contributed by atoms with Gasteiger partial charge in [-0.05, 0) is 19.8 Å². The molecule has 0 saturated heterocycles. The third-order valence-corrected chi connectivity index (χ3v) is 2.79. The third kappa shape index (κ3) is 5.32. The standard InChI is InChI=1S/C14H26N4O/c1-4-6-7-8-9-16-13-12(15)14(19-10-5-2)18-11(3)17-13/h4-10,15H2,1-3H3,(H,16,17,18). The van der Waals surface area contributed by atoms with Crippen LogP contribution in [0.4, 0.5) is 11.5 Å². The first-order chi connectivity index (χ1) is 9.19. The van der Waals surface area contributed by atoms with Gasteiger partial charge in [0.1, 0.15) is 11.5 Å². The van der Waals surface area contributed by atoms with Crippen molar-refractivity contribution in [2.45, 2.75) is 52.9 Å². The summed E-state index contributed by atoms with van der Waals surface area (Å²) in [6.45, 7) is 7.61. The van der Waals surface area contributed by atoms with Gasteiger partial charge in [-0.1, -0.05) is 33.1 Å². The van der Waals surface area contributed by atoms with Crippen LogP contribution in [0.5, 0.6) is 5.88 Å². The smallest absolute Gasteiger partial charge is 0.242 e. The van der Waals surface area contributed by atoms with E-state index in [1.54, 1.807) is 0 Å². The van der Waals surface area contributed by atoms with E-state index in [2.05, 4.69) is 29.1 Å². The molecule has 0 bridgehead atoms. The lowest BCUT2D eigenvalue weighted by molar-refractivity contribution is 0.306.